The molecule has 3 heteroatoms. The molecule has 0 amide bonds. The first kappa shape index (κ1) is 10.3. The highest BCUT2D eigenvalue weighted by atomic mass is 16.1. The van der Waals surface area contributed by atoms with Gasteiger partial charge >= 0.3 is 0 Å². The van der Waals surface area contributed by atoms with Gasteiger partial charge in [-0.15, -0.1) is 0 Å². The van der Waals surface area contributed by atoms with Crippen LogP contribution in [0.25, 0.3) is 4.85 Å². The van der Waals surface area contributed by atoms with Crippen LogP contribution in [-0.4, -0.2) is 26.4 Å². The highest BCUT2D eigenvalue weighted by molar-refractivity contribution is 5.99. The van der Waals surface area contributed by atoms with Gasteiger partial charge in [0.2, 0.25) is 5.78 Å². The average Bonchev–Trinajstić information content (AvgIpc) is 2.18. The van der Waals surface area contributed by atoms with E-state index in [4.69, 9.17) is 6.57 Å². The molecule has 3 nitrogen and oxygen atoms in total. The third kappa shape index (κ3) is 2.33. The molecule has 1 rings (SSSR count). The molecule has 0 aliphatic carbocycles. The number of hydrogen-bond donors (Lipinski definition) is 0. The minimum atomic E-state index is -0.122. The van der Waals surface area contributed by atoms with Crippen molar-refractivity contribution in [3.05, 3.63) is 41.2 Å². The summed E-state index contributed by atoms with van der Waals surface area (Å²) in [7, 11) is 3.83. The van der Waals surface area contributed by atoms with Gasteiger partial charge < -0.3 is 9.74 Å². The molecule has 0 bridgehead atoms. The molecule has 0 fully saturated rings. The molecule has 0 atom stereocenters. The van der Waals surface area contributed by atoms with Crippen LogP contribution in [0.4, 0.5) is 5.69 Å². The molecule has 0 heterocycles. The molecule has 0 N–H and O–H groups in total. The Balaban J connectivity index is 2.95. The van der Waals surface area contributed by atoms with Gasteiger partial charge in [0, 0.05) is 25.3 Å². The normalized spacial score (nSPS) is 9.21. The van der Waals surface area contributed by atoms with Crippen LogP contribution >= 0.6 is 0 Å². The fraction of sp³-hybridized carbons (Fsp3) is 0.273. The van der Waals surface area contributed by atoms with Crippen molar-refractivity contribution in [2.45, 2.75) is 0 Å². The monoisotopic (exact) mass is 188 g/mol. The Labute approximate surface area is 83.8 Å². The maximum absolute atomic E-state index is 11.4. The number of benzene rings is 1. The van der Waals surface area contributed by atoms with Gasteiger partial charge in [-0.25, -0.2) is 6.57 Å². The number of ketones is 1. The molecule has 0 aliphatic rings. The van der Waals surface area contributed by atoms with Crippen molar-refractivity contribution in [2.75, 3.05) is 25.5 Å². The fourth-order valence-corrected chi connectivity index (χ4v) is 1.12. The smallest absolute Gasteiger partial charge is 0.276 e. The Kier molecular flexibility index (Phi) is 3.24. The summed E-state index contributed by atoms with van der Waals surface area (Å²) in [5, 5.41) is 0. The summed E-state index contributed by atoms with van der Waals surface area (Å²) in [6.07, 6.45) is 0. The molecule has 0 saturated heterocycles. The third-order valence-corrected chi connectivity index (χ3v) is 1.91. The van der Waals surface area contributed by atoms with Crippen LogP contribution in [0, 0.1) is 6.57 Å². The number of Topliss-reactive ketones (excluding diaryl/α,β-unsaturated/α-hetero) is 1. The van der Waals surface area contributed by atoms with Crippen LogP contribution in [0.2, 0.25) is 0 Å². The molecule has 0 saturated carbocycles. The second kappa shape index (κ2) is 4.43. The van der Waals surface area contributed by atoms with E-state index < -0.39 is 0 Å². The number of hydrogen-bond acceptors (Lipinski definition) is 2. The van der Waals surface area contributed by atoms with Gasteiger partial charge in [-0.05, 0) is 12.1 Å². The summed E-state index contributed by atoms with van der Waals surface area (Å²) in [6, 6.07) is 7.29. The van der Waals surface area contributed by atoms with Gasteiger partial charge in [0.1, 0.15) is 0 Å². The van der Waals surface area contributed by atoms with E-state index in [1.54, 1.807) is 12.1 Å². The zero-order valence-corrected chi connectivity index (χ0v) is 8.32. The second-order valence-corrected chi connectivity index (χ2v) is 3.18. The number of anilines is 1. The highest BCUT2D eigenvalue weighted by Gasteiger charge is 2.08. The number of carbonyl (C=O) groups excluding carboxylic acids is 1. The average molecular weight is 188 g/mol. The van der Waals surface area contributed by atoms with E-state index in [2.05, 4.69) is 4.85 Å². The van der Waals surface area contributed by atoms with E-state index in [1.165, 1.54) is 0 Å². The predicted octanol–water partition coefficient (Wildman–Crippen LogP) is 1.85. The van der Waals surface area contributed by atoms with Crippen LogP contribution in [0.3, 0.4) is 0 Å². The van der Waals surface area contributed by atoms with Crippen molar-refractivity contribution in [3.63, 3.8) is 0 Å². The lowest BCUT2D eigenvalue weighted by molar-refractivity contribution is 0.101. The first-order valence-electron chi connectivity index (χ1n) is 4.29. The molecule has 14 heavy (non-hydrogen) atoms. The van der Waals surface area contributed by atoms with E-state index >= 15 is 0 Å². The van der Waals surface area contributed by atoms with E-state index in [0.29, 0.717) is 5.56 Å². The SMILES string of the molecule is [C-]#[N+]CC(=O)c1cccc(N(C)C)c1. The molecule has 1 aromatic carbocycles. The lowest BCUT2D eigenvalue weighted by atomic mass is 10.1. The zero-order valence-electron chi connectivity index (χ0n) is 8.32. The van der Waals surface area contributed by atoms with Gasteiger partial charge in [0.15, 0.2) is 0 Å². The Bertz CT molecular complexity index is 377. The van der Waals surface area contributed by atoms with Gasteiger partial charge in [-0.1, -0.05) is 12.1 Å². The van der Waals surface area contributed by atoms with Crippen molar-refractivity contribution < 1.29 is 4.79 Å². The van der Waals surface area contributed by atoms with E-state index in [0.717, 1.165) is 5.69 Å². The minimum Gasteiger partial charge on any atom is -0.378 e. The molecule has 0 aliphatic heterocycles. The van der Waals surface area contributed by atoms with E-state index in [-0.39, 0.29) is 12.3 Å². The summed E-state index contributed by atoms with van der Waals surface area (Å²) in [6.45, 7) is 6.54. The van der Waals surface area contributed by atoms with Gasteiger partial charge in [0.25, 0.3) is 6.54 Å². The largest absolute Gasteiger partial charge is 0.378 e. The second-order valence-electron chi connectivity index (χ2n) is 3.18. The lowest BCUT2D eigenvalue weighted by Gasteiger charge is -2.12. The first-order valence-corrected chi connectivity index (χ1v) is 4.29. The summed E-state index contributed by atoms with van der Waals surface area (Å²) in [5.74, 6) is -0.122. The Morgan fingerprint density at radius 2 is 2.21 bits per heavy atom. The molecule has 0 spiro atoms. The lowest BCUT2D eigenvalue weighted by Crippen LogP contribution is -2.10. The van der Waals surface area contributed by atoms with Gasteiger partial charge in [-0.2, -0.15) is 0 Å². The topological polar surface area (TPSA) is 24.7 Å². The molecule has 0 unspecified atom stereocenters. The van der Waals surface area contributed by atoms with E-state index in [1.807, 2.05) is 31.1 Å². The quantitative estimate of drug-likeness (QED) is 0.534. The van der Waals surface area contributed by atoms with Crippen molar-refractivity contribution in [2.24, 2.45) is 0 Å². The Morgan fingerprint density at radius 3 is 2.79 bits per heavy atom. The molecule has 72 valence electrons. The number of carbonyl (C=O) groups is 1. The van der Waals surface area contributed by atoms with Gasteiger partial charge in [-0.3, -0.25) is 4.79 Å². The highest BCUT2D eigenvalue weighted by Crippen LogP contribution is 2.13. The van der Waals surface area contributed by atoms with Crippen LogP contribution in [0.15, 0.2) is 24.3 Å². The number of nitrogens with zero attached hydrogens (tertiary/aromatic N) is 2. The van der Waals surface area contributed by atoms with Crippen molar-refractivity contribution in [3.8, 4) is 0 Å². The Morgan fingerprint density at radius 1 is 1.50 bits per heavy atom. The van der Waals surface area contributed by atoms with Crippen LogP contribution in [-0.2, 0) is 0 Å². The van der Waals surface area contributed by atoms with Crippen molar-refractivity contribution in [1.82, 2.24) is 0 Å². The fourth-order valence-electron chi connectivity index (χ4n) is 1.12. The standard InChI is InChI=1S/C11H12N2O/c1-12-8-11(14)9-5-4-6-10(7-9)13(2)3/h4-7H,8H2,2-3H3. The Hall–Kier alpha value is -1.82. The maximum atomic E-state index is 11.4. The van der Waals surface area contributed by atoms with Gasteiger partial charge in [0.05, 0.1) is 0 Å². The molecular formula is C11H12N2O. The summed E-state index contributed by atoms with van der Waals surface area (Å²) >= 11 is 0. The summed E-state index contributed by atoms with van der Waals surface area (Å²) < 4.78 is 0. The van der Waals surface area contributed by atoms with E-state index in [9.17, 15) is 4.79 Å². The maximum Gasteiger partial charge on any atom is 0.276 e. The molecule has 0 radical (unpaired) electrons. The zero-order chi connectivity index (χ0) is 10.6. The molecule has 0 aromatic heterocycles. The summed E-state index contributed by atoms with van der Waals surface area (Å²) in [5.41, 5.74) is 1.58. The third-order valence-electron chi connectivity index (χ3n) is 1.91. The molecule has 1 aromatic rings. The minimum absolute atomic E-state index is 0.0725. The predicted molar refractivity (Wildman–Crippen MR) is 56.6 cm³/mol. The number of rotatable bonds is 3. The van der Waals surface area contributed by atoms with Crippen LogP contribution < -0.4 is 4.90 Å². The van der Waals surface area contributed by atoms with Crippen molar-refractivity contribution in [1.29, 1.82) is 0 Å². The first-order chi connectivity index (χ1) is 6.65. The molecular weight excluding hydrogens is 176 g/mol. The van der Waals surface area contributed by atoms with Crippen LogP contribution in [0.5, 0.6) is 0 Å². The van der Waals surface area contributed by atoms with Crippen LogP contribution in [0.1, 0.15) is 10.4 Å². The summed E-state index contributed by atoms with van der Waals surface area (Å²) in [4.78, 5) is 16.4. The van der Waals surface area contributed by atoms with Crippen molar-refractivity contribution >= 4 is 11.5 Å².